The van der Waals surface area contributed by atoms with Gasteiger partial charge < -0.3 is 4.18 Å². The molecule has 0 fully saturated rings. The lowest BCUT2D eigenvalue weighted by atomic mass is 9.87. The Bertz CT molecular complexity index is 1070. The van der Waals surface area contributed by atoms with Crippen LogP contribution in [0.25, 0.3) is 5.69 Å². The van der Waals surface area contributed by atoms with E-state index >= 15 is 0 Å². The number of hydrogen-bond donors (Lipinski definition) is 0. The molecule has 0 amide bonds. The fourth-order valence-electron chi connectivity index (χ4n) is 2.61. The summed E-state index contributed by atoms with van der Waals surface area (Å²) < 4.78 is 32.3. The Morgan fingerprint density at radius 1 is 1.04 bits per heavy atom. The predicted octanol–water partition coefficient (Wildman–Crippen LogP) is 4.90. The van der Waals surface area contributed by atoms with Crippen LogP contribution in [-0.2, 0) is 15.5 Å². The topological polar surface area (TPSA) is 61.2 Å². The molecule has 0 bridgehead atoms. The number of aryl methyl sites for hydroxylation is 1. The van der Waals surface area contributed by atoms with E-state index < -0.39 is 10.1 Å². The van der Waals surface area contributed by atoms with Crippen LogP contribution < -0.4 is 4.18 Å². The number of aromatic nitrogens is 2. The quantitative estimate of drug-likeness (QED) is 0.580. The van der Waals surface area contributed by atoms with Gasteiger partial charge in [-0.15, -0.1) is 0 Å². The van der Waals surface area contributed by atoms with Crippen molar-refractivity contribution in [3.05, 3.63) is 70.9 Å². The first-order valence-corrected chi connectivity index (χ1v) is 10.2. The Morgan fingerprint density at radius 3 is 2.30 bits per heavy atom. The summed E-state index contributed by atoms with van der Waals surface area (Å²) in [7, 11) is -4.00. The summed E-state index contributed by atoms with van der Waals surface area (Å²) in [6.07, 6.45) is 0. The molecular weight excluding hydrogens is 384 g/mol. The monoisotopic (exact) mass is 404 g/mol. The molecule has 7 heteroatoms. The van der Waals surface area contributed by atoms with Gasteiger partial charge in [0.25, 0.3) is 0 Å². The van der Waals surface area contributed by atoms with E-state index in [1.54, 1.807) is 61.5 Å². The van der Waals surface area contributed by atoms with E-state index in [0.29, 0.717) is 16.4 Å². The van der Waals surface area contributed by atoms with E-state index in [9.17, 15) is 8.42 Å². The molecule has 0 aliphatic heterocycles. The second-order valence-electron chi connectivity index (χ2n) is 7.33. The van der Waals surface area contributed by atoms with E-state index in [4.69, 9.17) is 15.8 Å². The van der Waals surface area contributed by atoms with Crippen molar-refractivity contribution in [2.75, 3.05) is 0 Å². The third-order valence-electron chi connectivity index (χ3n) is 4.06. The average molecular weight is 405 g/mol. The molecule has 1 aromatic heterocycles. The van der Waals surface area contributed by atoms with Crippen LogP contribution in [0.5, 0.6) is 5.88 Å². The zero-order chi connectivity index (χ0) is 19.8. The second-order valence-corrected chi connectivity index (χ2v) is 9.31. The summed E-state index contributed by atoms with van der Waals surface area (Å²) in [4.78, 5) is 0.0898. The first-order valence-electron chi connectivity index (χ1n) is 8.44. The highest BCUT2D eigenvalue weighted by Crippen LogP contribution is 2.27. The summed E-state index contributed by atoms with van der Waals surface area (Å²) >= 11 is 6.03. The Morgan fingerprint density at radius 2 is 1.70 bits per heavy atom. The third kappa shape index (κ3) is 4.34. The largest absolute Gasteiger partial charge is 0.358 e. The van der Waals surface area contributed by atoms with Crippen LogP contribution in [0.2, 0.25) is 5.02 Å². The van der Waals surface area contributed by atoms with Crippen molar-refractivity contribution in [3.63, 3.8) is 0 Å². The van der Waals surface area contributed by atoms with Crippen LogP contribution in [0.4, 0.5) is 0 Å². The van der Waals surface area contributed by atoms with Gasteiger partial charge in [-0.05, 0) is 48.2 Å². The smallest absolute Gasteiger partial charge is 0.340 e. The average Bonchev–Trinajstić information content (AvgIpc) is 2.94. The molecule has 0 atom stereocenters. The lowest BCUT2D eigenvalue weighted by Crippen LogP contribution is -2.14. The van der Waals surface area contributed by atoms with Crippen molar-refractivity contribution in [2.24, 2.45) is 0 Å². The van der Waals surface area contributed by atoms with E-state index in [1.165, 1.54) is 4.68 Å². The van der Waals surface area contributed by atoms with Gasteiger partial charge in [-0.1, -0.05) is 50.6 Å². The number of nitrogens with zero attached hydrogens (tertiary/aromatic N) is 2. The van der Waals surface area contributed by atoms with Crippen molar-refractivity contribution in [1.29, 1.82) is 0 Å². The summed E-state index contributed by atoms with van der Waals surface area (Å²) in [5.41, 5.74) is 2.22. The highest BCUT2D eigenvalue weighted by molar-refractivity contribution is 7.87. The van der Waals surface area contributed by atoms with Gasteiger partial charge in [0, 0.05) is 11.1 Å². The van der Waals surface area contributed by atoms with Gasteiger partial charge >= 0.3 is 10.1 Å². The lowest BCUT2D eigenvalue weighted by molar-refractivity contribution is 0.465. The molecule has 142 valence electrons. The number of halogens is 1. The number of hydrogen-bond acceptors (Lipinski definition) is 4. The maximum absolute atomic E-state index is 12.7. The lowest BCUT2D eigenvalue weighted by Gasteiger charge is -2.19. The molecular formula is C20H21ClN2O3S. The SMILES string of the molecule is Cc1cc(OS(=O)(=O)c2ccc(C(C)(C)C)cc2)n(-c2cccc(Cl)c2)n1. The first kappa shape index (κ1) is 19.5. The molecule has 0 N–H and O–H groups in total. The molecule has 1 heterocycles. The Hall–Kier alpha value is -2.31. The Labute approximate surface area is 164 Å². The maximum Gasteiger partial charge on any atom is 0.340 e. The molecule has 3 rings (SSSR count). The molecule has 5 nitrogen and oxygen atoms in total. The predicted molar refractivity (Wildman–Crippen MR) is 106 cm³/mol. The molecule has 0 saturated carbocycles. The summed E-state index contributed by atoms with van der Waals surface area (Å²) in [5, 5.41) is 4.84. The molecule has 0 radical (unpaired) electrons. The van der Waals surface area contributed by atoms with Gasteiger partial charge in [0.1, 0.15) is 4.90 Å². The van der Waals surface area contributed by atoms with Crippen LogP contribution in [-0.4, -0.2) is 18.2 Å². The second kappa shape index (κ2) is 7.02. The standard InChI is InChI=1S/C20H21ClN2O3S/c1-14-12-19(23(22-14)17-7-5-6-16(21)13-17)26-27(24,25)18-10-8-15(9-11-18)20(2,3)4/h5-13H,1-4H3. The summed E-state index contributed by atoms with van der Waals surface area (Å²) in [5.74, 6) is 0.106. The van der Waals surface area contributed by atoms with Crippen LogP contribution in [0.1, 0.15) is 32.0 Å². The fraction of sp³-hybridized carbons (Fsp3) is 0.250. The van der Waals surface area contributed by atoms with E-state index in [-0.39, 0.29) is 16.2 Å². The highest BCUT2D eigenvalue weighted by atomic mass is 35.5. The Kier molecular flexibility index (Phi) is 5.06. The number of benzene rings is 2. The molecule has 0 unspecified atom stereocenters. The van der Waals surface area contributed by atoms with Crippen LogP contribution >= 0.6 is 11.6 Å². The van der Waals surface area contributed by atoms with Crippen molar-refractivity contribution >= 4 is 21.7 Å². The van der Waals surface area contributed by atoms with Crippen LogP contribution in [0.15, 0.2) is 59.5 Å². The summed E-state index contributed by atoms with van der Waals surface area (Å²) in [6, 6.07) is 15.2. The first-order chi connectivity index (χ1) is 12.6. The van der Waals surface area contributed by atoms with Gasteiger partial charge in [-0.2, -0.15) is 18.2 Å². The number of rotatable bonds is 4. The normalized spacial score (nSPS) is 12.2. The van der Waals surface area contributed by atoms with Gasteiger partial charge in [0.2, 0.25) is 5.88 Å². The van der Waals surface area contributed by atoms with Crippen LogP contribution in [0, 0.1) is 6.92 Å². The molecule has 0 spiro atoms. The Balaban J connectivity index is 1.95. The minimum Gasteiger partial charge on any atom is -0.358 e. The fourth-order valence-corrected chi connectivity index (χ4v) is 3.70. The van der Waals surface area contributed by atoms with Crippen molar-refractivity contribution in [3.8, 4) is 11.6 Å². The minimum atomic E-state index is -4.00. The van der Waals surface area contributed by atoms with E-state index in [1.807, 2.05) is 0 Å². The highest BCUT2D eigenvalue weighted by Gasteiger charge is 2.22. The zero-order valence-corrected chi connectivity index (χ0v) is 17.2. The van der Waals surface area contributed by atoms with Crippen molar-refractivity contribution in [1.82, 2.24) is 9.78 Å². The molecule has 2 aromatic carbocycles. The summed E-state index contributed by atoms with van der Waals surface area (Å²) in [6.45, 7) is 7.97. The van der Waals surface area contributed by atoms with Gasteiger partial charge in [-0.25, -0.2) is 0 Å². The third-order valence-corrected chi connectivity index (χ3v) is 5.53. The van der Waals surface area contributed by atoms with E-state index in [0.717, 1.165) is 5.56 Å². The molecule has 0 aliphatic carbocycles. The van der Waals surface area contributed by atoms with Gasteiger partial charge in [-0.3, -0.25) is 0 Å². The van der Waals surface area contributed by atoms with Gasteiger partial charge in [0.05, 0.1) is 11.4 Å². The molecule has 3 aromatic rings. The maximum atomic E-state index is 12.7. The van der Waals surface area contributed by atoms with Crippen LogP contribution in [0.3, 0.4) is 0 Å². The van der Waals surface area contributed by atoms with Crippen molar-refractivity contribution < 1.29 is 12.6 Å². The van der Waals surface area contributed by atoms with Gasteiger partial charge in [0.15, 0.2) is 0 Å². The molecule has 0 saturated heterocycles. The zero-order valence-electron chi connectivity index (χ0n) is 15.6. The van der Waals surface area contributed by atoms with Crippen molar-refractivity contribution in [2.45, 2.75) is 38.0 Å². The molecule has 0 aliphatic rings. The molecule has 27 heavy (non-hydrogen) atoms. The van der Waals surface area contributed by atoms with E-state index in [2.05, 4.69) is 25.9 Å². The minimum absolute atomic E-state index is 0.0640.